The van der Waals surface area contributed by atoms with E-state index < -0.39 is 0 Å². The number of hydrogen-bond donors (Lipinski definition) is 1. The molecule has 5 rings (SSSR count). The van der Waals surface area contributed by atoms with Gasteiger partial charge in [0.05, 0.1) is 5.52 Å². The van der Waals surface area contributed by atoms with Crippen molar-refractivity contribution in [1.82, 2.24) is 9.97 Å². The third kappa shape index (κ3) is 3.86. The average Bonchev–Trinajstić information content (AvgIpc) is 3.38. The Labute approximate surface area is 187 Å². The van der Waals surface area contributed by atoms with E-state index in [0.29, 0.717) is 35.1 Å². The normalized spacial score (nSPS) is 25.3. The van der Waals surface area contributed by atoms with Crippen LogP contribution < -0.4 is 5.32 Å². The summed E-state index contributed by atoms with van der Waals surface area (Å²) in [4.78, 5) is 21.4. The van der Waals surface area contributed by atoms with Gasteiger partial charge >= 0.3 is 0 Å². The second-order valence-corrected chi connectivity index (χ2v) is 9.34. The Kier molecular flexibility index (Phi) is 5.38. The van der Waals surface area contributed by atoms with Gasteiger partial charge in [0.2, 0.25) is 5.91 Å². The first kappa shape index (κ1) is 20.6. The number of nitrogens with one attached hydrogen (secondary N) is 1. The zero-order valence-electron chi connectivity index (χ0n) is 18.1. The molecule has 1 N–H and O–H groups in total. The summed E-state index contributed by atoms with van der Waals surface area (Å²) in [6.07, 6.45) is 13.1. The second kappa shape index (κ2) is 8.35. The van der Waals surface area contributed by atoms with Crippen molar-refractivity contribution < 1.29 is 9.18 Å². The summed E-state index contributed by atoms with van der Waals surface area (Å²) in [7, 11) is 0. The van der Waals surface area contributed by atoms with E-state index in [9.17, 15) is 9.18 Å². The van der Waals surface area contributed by atoms with E-state index in [0.717, 1.165) is 36.6 Å². The van der Waals surface area contributed by atoms with Gasteiger partial charge in [0.15, 0.2) is 0 Å². The number of carbonyl (C=O) groups is 1. The topological polar surface area (TPSA) is 54.9 Å². The Morgan fingerprint density at radius 2 is 1.91 bits per heavy atom. The summed E-state index contributed by atoms with van der Waals surface area (Å²) < 4.78 is 13.9. The van der Waals surface area contributed by atoms with Crippen molar-refractivity contribution in [3.05, 3.63) is 65.7 Å². The summed E-state index contributed by atoms with van der Waals surface area (Å²) in [6, 6.07) is 10.4. The molecule has 2 aliphatic carbocycles. The maximum atomic E-state index is 13.9. The van der Waals surface area contributed by atoms with Crippen LogP contribution >= 0.6 is 0 Å². The maximum absolute atomic E-state index is 13.9. The van der Waals surface area contributed by atoms with Gasteiger partial charge in [-0.1, -0.05) is 12.8 Å². The van der Waals surface area contributed by atoms with Gasteiger partial charge in [-0.3, -0.25) is 9.78 Å². The van der Waals surface area contributed by atoms with E-state index in [1.54, 1.807) is 30.5 Å². The molecule has 3 aromatic rings. The van der Waals surface area contributed by atoms with Crippen LogP contribution in [0.2, 0.25) is 0 Å². The zero-order chi connectivity index (χ0) is 22.2. The van der Waals surface area contributed by atoms with E-state index in [4.69, 9.17) is 6.42 Å². The predicted octanol–water partition coefficient (Wildman–Crippen LogP) is 5.54. The molecule has 0 saturated heterocycles. The van der Waals surface area contributed by atoms with Gasteiger partial charge < -0.3 is 5.32 Å². The Hall–Kier alpha value is -3.26. The van der Waals surface area contributed by atoms with Crippen molar-refractivity contribution in [1.29, 1.82) is 0 Å². The molecular weight excluding hydrogens is 401 g/mol. The third-order valence-electron chi connectivity index (χ3n) is 7.53. The minimum atomic E-state index is -0.215. The van der Waals surface area contributed by atoms with E-state index >= 15 is 0 Å². The molecule has 4 unspecified atom stereocenters. The SMILES string of the molecule is C#Cc1ccc(NC(=O)C(C)C2CC3CC(c4ccnc5ccc(F)cc45)C[C@@H]3C2)nc1. The van der Waals surface area contributed by atoms with Crippen molar-refractivity contribution in [3.63, 3.8) is 0 Å². The second-order valence-electron chi connectivity index (χ2n) is 9.34. The minimum Gasteiger partial charge on any atom is -0.310 e. The first-order valence-electron chi connectivity index (χ1n) is 11.3. The summed E-state index contributed by atoms with van der Waals surface area (Å²) >= 11 is 0. The molecular formula is C27H26FN3O. The van der Waals surface area contributed by atoms with Gasteiger partial charge in [0.1, 0.15) is 11.6 Å². The van der Waals surface area contributed by atoms with E-state index in [1.165, 1.54) is 11.6 Å². The van der Waals surface area contributed by atoms with Gasteiger partial charge in [0.25, 0.3) is 0 Å². The molecule has 0 radical (unpaired) electrons. The molecule has 2 saturated carbocycles. The molecule has 2 fully saturated rings. The van der Waals surface area contributed by atoms with Crippen molar-refractivity contribution in [2.24, 2.45) is 23.7 Å². The Balaban J connectivity index is 1.23. The van der Waals surface area contributed by atoms with Crippen molar-refractivity contribution >= 4 is 22.6 Å². The summed E-state index contributed by atoms with van der Waals surface area (Å²) in [5, 5.41) is 3.87. The fourth-order valence-electron chi connectivity index (χ4n) is 5.83. The number of anilines is 1. The van der Waals surface area contributed by atoms with Gasteiger partial charge in [-0.2, -0.15) is 0 Å². The first-order valence-corrected chi connectivity index (χ1v) is 11.3. The average molecular weight is 428 g/mol. The van der Waals surface area contributed by atoms with Crippen LogP contribution in [0.3, 0.4) is 0 Å². The molecule has 5 atom stereocenters. The van der Waals surface area contributed by atoms with Crippen LogP contribution in [0.5, 0.6) is 0 Å². The number of aromatic nitrogens is 2. The molecule has 32 heavy (non-hydrogen) atoms. The Morgan fingerprint density at radius 1 is 1.12 bits per heavy atom. The van der Waals surface area contributed by atoms with Crippen LogP contribution in [0, 0.1) is 41.8 Å². The van der Waals surface area contributed by atoms with E-state index in [1.807, 2.05) is 13.1 Å². The molecule has 5 heteroatoms. The van der Waals surface area contributed by atoms with Crippen molar-refractivity contribution in [2.75, 3.05) is 5.32 Å². The molecule has 2 aliphatic rings. The number of nitrogens with zero attached hydrogens (tertiary/aromatic N) is 2. The van der Waals surface area contributed by atoms with Crippen LogP contribution in [0.25, 0.3) is 10.9 Å². The number of amides is 1. The lowest BCUT2D eigenvalue weighted by Crippen LogP contribution is -2.26. The quantitative estimate of drug-likeness (QED) is 0.556. The Morgan fingerprint density at radius 3 is 2.59 bits per heavy atom. The van der Waals surface area contributed by atoms with Crippen LogP contribution in [0.15, 0.2) is 48.8 Å². The molecule has 0 spiro atoms. The van der Waals surface area contributed by atoms with Crippen molar-refractivity contribution in [3.8, 4) is 12.3 Å². The number of terminal acetylenes is 1. The maximum Gasteiger partial charge on any atom is 0.228 e. The molecule has 0 bridgehead atoms. The van der Waals surface area contributed by atoms with Crippen molar-refractivity contribution in [2.45, 2.75) is 38.5 Å². The summed E-state index contributed by atoms with van der Waals surface area (Å²) in [5.74, 6) is 4.84. The number of pyridine rings is 2. The van der Waals surface area contributed by atoms with Crippen LogP contribution in [-0.2, 0) is 4.79 Å². The molecule has 1 amide bonds. The standard InChI is InChI=1S/C27H26FN3O/c1-3-17-4-7-26(30-15-17)31-27(32)16(2)18-10-19-12-21(13-20(19)11-18)23-8-9-29-25-6-5-22(28)14-24(23)25/h1,4-9,14-16,18-21H,10-13H2,2H3,(H,30,31,32)/t16?,18?,19-,20?,21?/m0/s1. The zero-order valence-corrected chi connectivity index (χ0v) is 18.1. The number of benzene rings is 1. The van der Waals surface area contributed by atoms with Crippen LogP contribution in [0.4, 0.5) is 10.2 Å². The fourth-order valence-corrected chi connectivity index (χ4v) is 5.83. The Bertz CT molecular complexity index is 1190. The molecule has 0 aliphatic heterocycles. The van der Waals surface area contributed by atoms with Crippen LogP contribution in [0.1, 0.15) is 49.7 Å². The number of fused-ring (bicyclic) bond motifs is 2. The molecule has 162 valence electrons. The van der Waals surface area contributed by atoms with Gasteiger partial charge in [-0.25, -0.2) is 9.37 Å². The third-order valence-corrected chi connectivity index (χ3v) is 7.53. The molecule has 2 aromatic heterocycles. The monoisotopic (exact) mass is 427 g/mol. The number of rotatable bonds is 4. The number of hydrogen-bond acceptors (Lipinski definition) is 3. The molecule has 2 heterocycles. The highest BCUT2D eigenvalue weighted by atomic mass is 19.1. The summed E-state index contributed by atoms with van der Waals surface area (Å²) in [6.45, 7) is 2.02. The number of carbonyl (C=O) groups excluding carboxylic acids is 1. The molecule has 4 nitrogen and oxygen atoms in total. The molecule has 1 aromatic carbocycles. The highest BCUT2D eigenvalue weighted by Gasteiger charge is 2.44. The highest BCUT2D eigenvalue weighted by Crippen LogP contribution is 2.54. The first-order chi connectivity index (χ1) is 15.5. The van der Waals surface area contributed by atoms with E-state index in [2.05, 4.69) is 27.3 Å². The van der Waals surface area contributed by atoms with E-state index in [-0.39, 0.29) is 17.6 Å². The largest absolute Gasteiger partial charge is 0.310 e. The van der Waals surface area contributed by atoms with Gasteiger partial charge in [-0.05, 0) is 91.3 Å². The van der Waals surface area contributed by atoms with Gasteiger partial charge in [-0.15, -0.1) is 6.42 Å². The highest BCUT2D eigenvalue weighted by molar-refractivity contribution is 5.91. The lowest BCUT2D eigenvalue weighted by atomic mass is 9.86. The van der Waals surface area contributed by atoms with Crippen LogP contribution in [-0.4, -0.2) is 15.9 Å². The number of halogens is 1. The lowest BCUT2D eigenvalue weighted by Gasteiger charge is -2.21. The fraction of sp³-hybridized carbons (Fsp3) is 0.370. The smallest absolute Gasteiger partial charge is 0.228 e. The summed E-state index contributed by atoms with van der Waals surface area (Å²) in [5.41, 5.74) is 2.76. The lowest BCUT2D eigenvalue weighted by molar-refractivity contribution is -0.120. The minimum absolute atomic E-state index is 0.0167. The predicted molar refractivity (Wildman–Crippen MR) is 123 cm³/mol. The van der Waals surface area contributed by atoms with Gasteiger partial charge in [0, 0.05) is 29.3 Å².